The molecule has 0 bridgehead atoms. The number of amides is 2. The number of aryl methyl sites for hydroxylation is 1. The van der Waals surface area contributed by atoms with Gasteiger partial charge in [-0.2, -0.15) is 0 Å². The van der Waals surface area contributed by atoms with Crippen molar-refractivity contribution in [3.8, 4) is 0 Å². The molecule has 6 nitrogen and oxygen atoms in total. The highest BCUT2D eigenvalue weighted by atomic mass is 16.2. The highest BCUT2D eigenvalue weighted by molar-refractivity contribution is 6.00. The summed E-state index contributed by atoms with van der Waals surface area (Å²) in [6, 6.07) is 14.6. The van der Waals surface area contributed by atoms with Crippen LogP contribution in [0.25, 0.3) is 0 Å². The first kappa shape index (κ1) is 20.3. The van der Waals surface area contributed by atoms with Crippen LogP contribution in [0.4, 0.5) is 21.9 Å². The number of anilines is 3. The molecule has 0 saturated heterocycles. The van der Waals surface area contributed by atoms with Crippen LogP contribution in [0.2, 0.25) is 0 Å². The van der Waals surface area contributed by atoms with Crippen LogP contribution in [0.15, 0.2) is 60.4 Å². The zero-order chi connectivity index (χ0) is 19.8. The second kappa shape index (κ2) is 9.64. The number of nitrogens with one attached hydrogen (secondary N) is 2. The minimum atomic E-state index is -0.292. The molecule has 0 spiro atoms. The fraction of sp³-hybridized carbons (Fsp3) is 0.286. The molecule has 0 aliphatic heterocycles. The third-order valence-electron chi connectivity index (χ3n) is 4.13. The van der Waals surface area contributed by atoms with Gasteiger partial charge in [-0.15, -0.1) is 0 Å². The maximum atomic E-state index is 12.1. The minimum absolute atomic E-state index is 0.292. The van der Waals surface area contributed by atoms with Crippen molar-refractivity contribution in [2.45, 2.75) is 33.6 Å². The molecular weight excluding hydrogens is 338 g/mol. The maximum Gasteiger partial charge on any atom is 0.323 e. The largest absolute Gasteiger partial charge is 0.401 e. The van der Waals surface area contributed by atoms with Crippen molar-refractivity contribution in [3.05, 3.63) is 66.0 Å². The Hall–Kier alpha value is -2.99. The molecule has 2 amide bonds. The van der Waals surface area contributed by atoms with Crippen LogP contribution in [-0.2, 0) is 0 Å². The Morgan fingerprint density at radius 1 is 1.11 bits per heavy atom. The smallest absolute Gasteiger partial charge is 0.323 e. The van der Waals surface area contributed by atoms with Crippen LogP contribution in [0.5, 0.6) is 0 Å². The molecule has 2 aromatic rings. The van der Waals surface area contributed by atoms with Crippen LogP contribution in [0.3, 0.4) is 0 Å². The molecular formula is C21H29N5O. The Kier molecular flexibility index (Phi) is 7.25. The first-order valence-electron chi connectivity index (χ1n) is 9.09. The van der Waals surface area contributed by atoms with Gasteiger partial charge >= 0.3 is 6.03 Å². The van der Waals surface area contributed by atoms with E-state index in [4.69, 9.17) is 11.6 Å². The van der Waals surface area contributed by atoms with Crippen LogP contribution in [-0.4, -0.2) is 6.03 Å². The molecule has 0 aliphatic carbocycles. The number of nitrogens with zero attached hydrogens (tertiary/aromatic N) is 1. The molecule has 27 heavy (non-hydrogen) atoms. The fourth-order valence-electron chi connectivity index (χ4n) is 2.49. The Labute approximate surface area is 161 Å². The first-order chi connectivity index (χ1) is 12.8. The lowest BCUT2D eigenvalue weighted by Crippen LogP contribution is -2.26. The standard InChI is InChI=1S/C21H29N5O/c1-15(2)8-9-17(22)14-26(23)19-12-10-18(11-13-19)24-21(27)25-20-7-5-4-6-16(20)3/h4-7,10-15H,8-9,22-23H2,1-3H3,(H2,24,25,27)/b17-14-. The Balaban J connectivity index is 1.93. The number of urea groups is 1. The summed E-state index contributed by atoms with van der Waals surface area (Å²) in [6.45, 7) is 6.27. The normalized spacial score (nSPS) is 11.4. The minimum Gasteiger partial charge on any atom is -0.401 e. The van der Waals surface area contributed by atoms with E-state index in [1.807, 2.05) is 43.3 Å². The van der Waals surface area contributed by atoms with Gasteiger partial charge in [0.25, 0.3) is 0 Å². The molecule has 6 heteroatoms. The molecule has 0 unspecified atom stereocenters. The highest BCUT2D eigenvalue weighted by Crippen LogP contribution is 2.18. The average molecular weight is 367 g/mol. The van der Waals surface area contributed by atoms with E-state index >= 15 is 0 Å². The number of para-hydroxylation sites is 1. The monoisotopic (exact) mass is 367 g/mol. The number of rotatable bonds is 7. The summed E-state index contributed by atoms with van der Waals surface area (Å²) >= 11 is 0. The zero-order valence-electron chi connectivity index (χ0n) is 16.2. The molecule has 0 fully saturated rings. The van der Waals surface area contributed by atoms with E-state index in [9.17, 15) is 4.79 Å². The number of nitrogens with two attached hydrogens (primary N) is 2. The van der Waals surface area contributed by atoms with Gasteiger partial charge in [-0.05, 0) is 61.6 Å². The topological polar surface area (TPSA) is 96.4 Å². The number of benzene rings is 2. The first-order valence-corrected chi connectivity index (χ1v) is 9.09. The Morgan fingerprint density at radius 2 is 1.78 bits per heavy atom. The lowest BCUT2D eigenvalue weighted by molar-refractivity contribution is 0.262. The quantitative estimate of drug-likeness (QED) is 0.426. The lowest BCUT2D eigenvalue weighted by atomic mass is 10.1. The number of hydrogen-bond donors (Lipinski definition) is 4. The number of carbonyl (C=O) groups excluding carboxylic acids is 1. The second-order valence-electron chi connectivity index (χ2n) is 6.98. The number of allylic oxidation sites excluding steroid dienone is 1. The van der Waals surface area contributed by atoms with Crippen molar-refractivity contribution in [2.75, 3.05) is 15.6 Å². The molecule has 0 heterocycles. The second-order valence-corrected chi connectivity index (χ2v) is 6.98. The summed E-state index contributed by atoms with van der Waals surface area (Å²) in [4.78, 5) is 12.1. The van der Waals surface area contributed by atoms with E-state index in [0.717, 1.165) is 35.5 Å². The molecule has 0 atom stereocenters. The van der Waals surface area contributed by atoms with Gasteiger partial charge in [-0.3, -0.25) is 5.01 Å². The molecule has 0 radical (unpaired) electrons. The molecule has 0 saturated carbocycles. The van der Waals surface area contributed by atoms with Gasteiger partial charge in [0.15, 0.2) is 0 Å². The van der Waals surface area contributed by atoms with E-state index < -0.39 is 0 Å². The molecule has 0 aromatic heterocycles. The Bertz CT molecular complexity index is 783. The van der Waals surface area contributed by atoms with Crippen LogP contribution in [0.1, 0.15) is 32.3 Å². The SMILES string of the molecule is Cc1ccccc1NC(=O)Nc1ccc(N(N)/C=C(\N)CCC(C)C)cc1. The zero-order valence-corrected chi connectivity index (χ0v) is 16.2. The summed E-state index contributed by atoms with van der Waals surface area (Å²) in [6.07, 6.45) is 3.56. The van der Waals surface area contributed by atoms with Crippen molar-refractivity contribution < 1.29 is 4.79 Å². The summed E-state index contributed by atoms with van der Waals surface area (Å²) in [5.41, 5.74) is 10.0. The molecule has 0 aliphatic rings. The van der Waals surface area contributed by atoms with E-state index in [1.54, 1.807) is 18.3 Å². The van der Waals surface area contributed by atoms with Crippen LogP contribution in [0, 0.1) is 12.8 Å². The van der Waals surface area contributed by atoms with Gasteiger partial charge in [0.1, 0.15) is 0 Å². The van der Waals surface area contributed by atoms with Gasteiger partial charge < -0.3 is 16.4 Å². The Morgan fingerprint density at radius 3 is 2.41 bits per heavy atom. The summed E-state index contributed by atoms with van der Waals surface area (Å²) < 4.78 is 0. The van der Waals surface area contributed by atoms with Gasteiger partial charge in [0, 0.05) is 23.3 Å². The van der Waals surface area contributed by atoms with Gasteiger partial charge in [0.2, 0.25) is 0 Å². The third-order valence-corrected chi connectivity index (χ3v) is 4.13. The van der Waals surface area contributed by atoms with E-state index in [-0.39, 0.29) is 6.03 Å². The summed E-state index contributed by atoms with van der Waals surface area (Å²) in [5.74, 6) is 6.65. The fourth-order valence-corrected chi connectivity index (χ4v) is 2.49. The number of carbonyl (C=O) groups is 1. The average Bonchev–Trinajstić information content (AvgIpc) is 2.62. The number of hydrogen-bond acceptors (Lipinski definition) is 4. The molecule has 2 aromatic carbocycles. The van der Waals surface area contributed by atoms with Crippen molar-refractivity contribution in [2.24, 2.45) is 17.5 Å². The lowest BCUT2D eigenvalue weighted by Gasteiger charge is -2.16. The predicted octanol–water partition coefficient (Wildman–Crippen LogP) is 4.56. The van der Waals surface area contributed by atoms with Crippen molar-refractivity contribution in [1.29, 1.82) is 0 Å². The van der Waals surface area contributed by atoms with Crippen molar-refractivity contribution in [1.82, 2.24) is 0 Å². The van der Waals surface area contributed by atoms with E-state index in [2.05, 4.69) is 24.5 Å². The van der Waals surface area contributed by atoms with Crippen LogP contribution >= 0.6 is 0 Å². The van der Waals surface area contributed by atoms with Gasteiger partial charge in [-0.25, -0.2) is 10.6 Å². The maximum absolute atomic E-state index is 12.1. The predicted molar refractivity (Wildman–Crippen MR) is 113 cm³/mol. The van der Waals surface area contributed by atoms with Crippen molar-refractivity contribution >= 4 is 23.1 Å². The summed E-state index contributed by atoms with van der Waals surface area (Å²) in [7, 11) is 0. The van der Waals surface area contributed by atoms with E-state index in [0.29, 0.717) is 11.6 Å². The highest BCUT2D eigenvalue weighted by Gasteiger charge is 2.06. The van der Waals surface area contributed by atoms with Gasteiger partial charge in [0.05, 0.1) is 5.69 Å². The van der Waals surface area contributed by atoms with Crippen molar-refractivity contribution in [3.63, 3.8) is 0 Å². The molecule has 6 N–H and O–H groups in total. The van der Waals surface area contributed by atoms with E-state index in [1.165, 1.54) is 5.01 Å². The summed E-state index contributed by atoms with van der Waals surface area (Å²) in [5, 5.41) is 7.13. The van der Waals surface area contributed by atoms with Crippen LogP contribution < -0.4 is 27.2 Å². The molecule has 2 rings (SSSR count). The molecule has 144 valence electrons. The van der Waals surface area contributed by atoms with Gasteiger partial charge in [-0.1, -0.05) is 32.0 Å². The third kappa shape index (κ3) is 6.67. The number of hydrazine groups is 1.